The molecular formula is C11H12N2. The zero-order valence-corrected chi connectivity index (χ0v) is 7.48. The van der Waals surface area contributed by atoms with E-state index in [1.807, 2.05) is 30.6 Å². The molecule has 2 nitrogen and oxygen atoms in total. The number of allylic oxidation sites excluding steroid dienone is 1. The Hall–Kier alpha value is -1.57. The first-order valence-corrected chi connectivity index (χ1v) is 4.42. The predicted molar refractivity (Wildman–Crippen MR) is 54.5 cm³/mol. The van der Waals surface area contributed by atoms with Crippen LogP contribution >= 0.6 is 0 Å². The summed E-state index contributed by atoms with van der Waals surface area (Å²) in [5, 5.41) is 0. The highest BCUT2D eigenvalue weighted by molar-refractivity contribution is 5.74. The van der Waals surface area contributed by atoms with Gasteiger partial charge in [0.15, 0.2) is 0 Å². The molecule has 0 N–H and O–H groups in total. The molecular weight excluding hydrogens is 160 g/mol. The minimum Gasteiger partial charge on any atom is -0.330 e. The van der Waals surface area contributed by atoms with Gasteiger partial charge in [-0.3, -0.25) is 0 Å². The second-order valence-electron chi connectivity index (χ2n) is 3.00. The lowest BCUT2D eigenvalue weighted by molar-refractivity contribution is 0.731. The van der Waals surface area contributed by atoms with Gasteiger partial charge in [0.2, 0.25) is 0 Å². The maximum Gasteiger partial charge on any atom is 0.0958 e. The van der Waals surface area contributed by atoms with Gasteiger partial charge >= 0.3 is 0 Å². The van der Waals surface area contributed by atoms with Crippen molar-refractivity contribution in [1.29, 1.82) is 0 Å². The molecule has 1 aromatic heterocycles. The molecule has 13 heavy (non-hydrogen) atoms. The van der Waals surface area contributed by atoms with Crippen molar-refractivity contribution in [2.24, 2.45) is 0 Å². The molecule has 0 saturated heterocycles. The van der Waals surface area contributed by atoms with Crippen molar-refractivity contribution >= 4 is 11.0 Å². The van der Waals surface area contributed by atoms with Crippen molar-refractivity contribution in [3.05, 3.63) is 43.2 Å². The molecule has 2 heteroatoms. The molecule has 0 aliphatic heterocycles. The fourth-order valence-electron chi connectivity index (χ4n) is 1.42. The molecule has 0 amide bonds. The van der Waals surface area contributed by atoms with Crippen LogP contribution in [0, 0.1) is 0 Å². The van der Waals surface area contributed by atoms with E-state index < -0.39 is 0 Å². The molecule has 0 aliphatic rings. The van der Waals surface area contributed by atoms with Crippen LogP contribution in [0.3, 0.4) is 0 Å². The number of aryl methyl sites for hydroxylation is 1. The second kappa shape index (κ2) is 3.44. The van der Waals surface area contributed by atoms with Gasteiger partial charge in [0.25, 0.3) is 0 Å². The summed E-state index contributed by atoms with van der Waals surface area (Å²) in [4.78, 5) is 4.30. The first kappa shape index (κ1) is 8.05. The van der Waals surface area contributed by atoms with Gasteiger partial charge in [-0.05, 0) is 18.6 Å². The molecule has 1 heterocycles. The van der Waals surface area contributed by atoms with Gasteiger partial charge in [-0.15, -0.1) is 6.58 Å². The smallest absolute Gasteiger partial charge is 0.0958 e. The summed E-state index contributed by atoms with van der Waals surface area (Å²) < 4.78 is 2.15. The molecule has 66 valence electrons. The lowest BCUT2D eigenvalue weighted by Gasteiger charge is -1.99. The Labute approximate surface area is 77.5 Å². The molecule has 2 aromatic rings. The Kier molecular flexibility index (Phi) is 2.13. The van der Waals surface area contributed by atoms with Gasteiger partial charge in [0.05, 0.1) is 17.4 Å². The minimum atomic E-state index is 0.962. The SMILES string of the molecule is C=CCCn1cnc2ccccc21. The van der Waals surface area contributed by atoms with Crippen molar-refractivity contribution in [3.8, 4) is 0 Å². The summed E-state index contributed by atoms with van der Waals surface area (Å²) in [7, 11) is 0. The number of fused-ring (bicyclic) bond motifs is 1. The molecule has 0 saturated carbocycles. The minimum absolute atomic E-state index is 0.962. The van der Waals surface area contributed by atoms with E-state index in [0.717, 1.165) is 18.5 Å². The third-order valence-electron chi connectivity index (χ3n) is 2.10. The number of nitrogens with zero attached hydrogens (tertiary/aromatic N) is 2. The standard InChI is InChI=1S/C11H12N2/c1-2-3-8-13-9-12-10-6-4-5-7-11(10)13/h2,4-7,9H,1,3,8H2. The third kappa shape index (κ3) is 1.47. The van der Waals surface area contributed by atoms with E-state index in [9.17, 15) is 0 Å². The van der Waals surface area contributed by atoms with Crippen molar-refractivity contribution in [3.63, 3.8) is 0 Å². The lowest BCUT2D eigenvalue weighted by atomic mass is 10.3. The fraction of sp³-hybridized carbons (Fsp3) is 0.182. The number of hydrogen-bond acceptors (Lipinski definition) is 1. The lowest BCUT2D eigenvalue weighted by Crippen LogP contribution is -1.93. The van der Waals surface area contributed by atoms with E-state index in [4.69, 9.17) is 0 Å². The van der Waals surface area contributed by atoms with Gasteiger partial charge in [-0.25, -0.2) is 4.98 Å². The summed E-state index contributed by atoms with van der Waals surface area (Å²) in [5.74, 6) is 0. The van der Waals surface area contributed by atoms with Crippen LogP contribution in [-0.4, -0.2) is 9.55 Å². The summed E-state index contributed by atoms with van der Waals surface area (Å²) in [5.41, 5.74) is 2.26. The van der Waals surface area contributed by atoms with Gasteiger partial charge in [0, 0.05) is 6.54 Å². The van der Waals surface area contributed by atoms with Crippen LogP contribution in [0.1, 0.15) is 6.42 Å². The first-order chi connectivity index (χ1) is 6.42. The normalized spacial score (nSPS) is 10.5. The maximum absolute atomic E-state index is 4.30. The number of rotatable bonds is 3. The van der Waals surface area contributed by atoms with Crippen molar-refractivity contribution < 1.29 is 0 Å². The molecule has 0 fully saturated rings. The average molecular weight is 172 g/mol. The first-order valence-electron chi connectivity index (χ1n) is 4.42. The second-order valence-corrected chi connectivity index (χ2v) is 3.00. The van der Waals surface area contributed by atoms with Crippen LogP contribution in [0.2, 0.25) is 0 Å². The van der Waals surface area contributed by atoms with Crippen LogP contribution in [0.4, 0.5) is 0 Å². The fourth-order valence-corrected chi connectivity index (χ4v) is 1.42. The molecule has 0 unspecified atom stereocenters. The van der Waals surface area contributed by atoms with Gasteiger partial charge < -0.3 is 4.57 Å². The number of hydrogen-bond donors (Lipinski definition) is 0. The Morgan fingerprint density at radius 2 is 2.23 bits per heavy atom. The number of para-hydroxylation sites is 2. The van der Waals surface area contributed by atoms with E-state index >= 15 is 0 Å². The molecule has 0 atom stereocenters. The highest BCUT2D eigenvalue weighted by Crippen LogP contribution is 2.11. The summed E-state index contributed by atoms with van der Waals surface area (Å²) >= 11 is 0. The van der Waals surface area contributed by atoms with E-state index in [1.54, 1.807) is 0 Å². The zero-order chi connectivity index (χ0) is 9.10. The Bertz CT molecular complexity index is 415. The van der Waals surface area contributed by atoms with Crippen molar-refractivity contribution in [2.75, 3.05) is 0 Å². The largest absolute Gasteiger partial charge is 0.330 e. The van der Waals surface area contributed by atoms with Gasteiger partial charge in [-0.2, -0.15) is 0 Å². The van der Waals surface area contributed by atoms with Crippen molar-refractivity contribution in [1.82, 2.24) is 9.55 Å². The highest BCUT2D eigenvalue weighted by atomic mass is 15.0. The van der Waals surface area contributed by atoms with Crippen molar-refractivity contribution in [2.45, 2.75) is 13.0 Å². The molecule has 0 aliphatic carbocycles. The van der Waals surface area contributed by atoms with Crippen LogP contribution in [-0.2, 0) is 6.54 Å². The number of aromatic nitrogens is 2. The van der Waals surface area contributed by atoms with Gasteiger partial charge in [-0.1, -0.05) is 18.2 Å². The molecule has 1 aromatic carbocycles. The number of benzene rings is 1. The number of imidazole rings is 1. The summed E-state index contributed by atoms with van der Waals surface area (Å²) in [6.07, 6.45) is 4.79. The van der Waals surface area contributed by atoms with Gasteiger partial charge in [0.1, 0.15) is 0 Å². The van der Waals surface area contributed by atoms with Crippen LogP contribution in [0.15, 0.2) is 43.2 Å². The summed E-state index contributed by atoms with van der Waals surface area (Å²) in [6, 6.07) is 8.16. The van der Waals surface area contributed by atoms with E-state index in [-0.39, 0.29) is 0 Å². The Morgan fingerprint density at radius 3 is 3.08 bits per heavy atom. The predicted octanol–water partition coefficient (Wildman–Crippen LogP) is 2.61. The van der Waals surface area contributed by atoms with Crippen LogP contribution in [0.5, 0.6) is 0 Å². The van der Waals surface area contributed by atoms with E-state index in [0.29, 0.717) is 0 Å². The molecule has 0 spiro atoms. The third-order valence-corrected chi connectivity index (χ3v) is 2.10. The Morgan fingerprint density at radius 1 is 1.38 bits per heavy atom. The van der Waals surface area contributed by atoms with E-state index in [2.05, 4.69) is 22.2 Å². The molecule has 0 bridgehead atoms. The molecule has 2 rings (SSSR count). The monoisotopic (exact) mass is 172 g/mol. The maximum atomic E-state index is 4.30. The highest BCUT2D eigenvalue weighted by Gasteiger charge is 1.98. The van der Waals surface area contributed by atoms with Crippen LogP contribution < -0.4 is 0 Å². The quantitative estimate of drug-likeness (QED) is 0.651. The zero-order valence-electron chi connectivity index (χ0n) is 7.48. The molecule has 0 radical (unpaired) electrons. The van der Waals surface area contributed by atoms with E-state index in [1.165, 1.54) is 5.52 Å². The topological polar surface area (TPSA) is 17.8 Å². The Balaban J connectivity index is 2.40. The summed E-state index contributed by atoms with van der Waals surface area (Å²) in [6.45, 7) is 4.67. The van der Waals surface area contributed by atoms with Crippen LogP contribution in [0.25, 0.3) is 11.0 Å². The average Bonchev–Trinajstić information content (AvgIpc) is 2.58.